The Bertz CT molecular complexity index is 402. The maximum Gasteiger partial charge on any atom is 0.237 e. The van der Waals surface area contributed by atoms with Crippen LogP contribution in [0.25, 0.3) is 0 Å². The molecule has 0 aliphatic carbocycles. The Kier molecular flexibility index (Phi) is 5.35. The van der Waals surface area contributed by atoms with Gasteiger partial charge < -0.3 is 4.90 Å². The van der Waals surface area contributed by atoms with Gasteiger partial charge in [0.2, 0.25) is 5.91 Å². The quantitative estimate of drug-likeness (QED) is 0.620. The van der Waals surface area contributed by atoms with E-state index in [0.717, 1.165) is 4.90 Å². The molecule has 7 heteroatoms. The minimum absolute atomic E-state index is 0.153. The van der Waals surface area contributed by atoms with Gasteiger partial charge in [-0.05, 0) is 0 Å². The van der Waals surface area contributed by atoms with Crippen molar-refractivity contribution in [2.75, 3.05) is 25.1 Å². The van der Waals surface area contributed by atoms with Crippen LogP contribution in [0.5, 0.6) is 0 Å². The van der Waals surface area contributed by atoms with Gasteiger partial charge in [-0.1, -0.05) is 0 Å². The van der Waals surface area contributed by atoms with E-state index in [1.54, 1.807) is 0 Å². The lowest BCUT2D eigenvalue weighted by Gasteiger charge is -2.14. The van der Waals surface area contributed by atoms with Crippen LogP contribution < -0.4 is 0 Å². The van der Waals surface area contributed by atoms with Crippen LogP contribution in [-0.4, -0.2) is 44.3 Å². The molecular formula is C8H11N3O3S. The summed E-state index contributed by atoms with van der Waals surface area (Å²) in [6, 6.07) is 3.33. The summed E-state index contributed by atoms with van der Waals surface area (Å²) < 4.78 is 22.2. The number of carbonyl (C=O) groups is 1. The maximum atomic E-state index is 11.3. The molecule has 0 saturated heterocycles. The predicted octanol–water partition coefficient (Wildman–Crippen LogP) is -0.703. The van der Waals surface area contributed by atoms with Crippen LogP contribution in [-0.2, 0) is 14.6 Å². The molecule has 0 rings (SSSR count). The molecule has 0 radical (unpaired) electrons. The second kappa shape index (κ2) is 5.99. The smallest absolute Gasteiger partial charge is 0.237 e. The average molecular weight is 229 g/mol. The van der Waals surface area contributed by atoms with Gasteiger partial charge in [0.05, 0.1) is 18.6 Å². The fourth-order valence-corrected chi connectivity index (χ4v) is 1.69. The lowest BCUT2D eigenvalue weighted by atomic mass is 10.4. The van der Waals surface area contributed by atoms with Gasteiger partial charge in [-0.25, -0.2) is 8.42 Å². The van der Waals surface area contributed by atoms with Gasteiger partial charge >= 0.3 is 0 Å². The third kappa shape index (κ3) is 5.66. The van der Waals surface area contributed by atoms with Gasteiger partial charge in [0.25, 0.3) is 0 Å². The first-order valence-electron chi connectivity index (χ1n) is 4.11. The van der Waals surface area contributed by atoms with Crippen LogP contribution in [0.15, 0.2) is 0 Å². The largest absolute Gasteiger partial charge is 0.344 e. The molecule has 0 aromatic rings. The van der Waals surface area contributed by atoms with Crippen molar-refractivity contribution in [2.45, 2.75) is 6.42 Å². The predicted molar refractivity (Wildman–Crippen MR) is 52.1 cm³/mol. The van der Waals surface area contributed by atoms with Gasteiger partial charge in [0.15, 0.2) is 9.84 Å². The van der Waals surface area contributed by atoms with Crippen LogP contribution >= 0.6 is 0 Å². The molecule has 1 amide bonds. The Morgan fingerprint density at radius 1 is 1.33 bits per heavy atom. The Morgan fingerprint density at radius 3 is 2.40 bits per heavy atom. The molecule has 0 fully saturated rings. The topological polar surface area (TPSA) is 102 Å². The molecule has 0 N–H and O–H groups in total. The SMILES string of the molecule is CN(CCC#N)C(=O)CS(=O)(=O)CC#N. The number of hydrogen-bond donors (Lipinski definition) is 0. The highest BCUT2D eigenvalue weighted by atomic mass is 32.2. The van der Waals surface area contributed by atoms with E-state index in [1.807, 2.05) is 6.07 Å². The molecule has 82 valence electrons. The van der Waals surface area contributed by atoms with E-state index < -0.39 is 27.3 Å². The Morgan fingerprint density at radius 2 is 1.93 bits per heavy atom. The number of nitrogens with zero attached hydrogens (tertiary/aromatic N) is 3. The molecule has 0 saturated carbocycles. The summed E-state index contributed by atoms with van der Waals surface area (Å²) in [7, 11) is -2.22. The van der Waals surface area contributed by atoms with E-state index in [9.17, 15) is 13.2 Å². The van der Waals surface area contributed by atoms with E-state index in [1.165, 1.54) is 13.1 Å². The zero-order valence-electron chi connectivity index (χ0n) is 8.30. The van der Waals surface area contributed by atoms with Crippen LogP contribution in [0.3, 0.4) is 0 Å². The minimum atomic E-state index is -3.64. The van der Waals surface area contributed by atoms with Crippen LogP contribution in [0.1, 0.15) is 6.42 Å². The van der Waals surface area contributed by atoms with Crippen molar-refractivity contribution in [3.05, 3.63) is 0 Å². The summed E-state index contributed by atoms with van der Waals surface area (Å²) in [5, 5.41) is 16.5. The third-order valence-electron chi connectivity index (χ3n) is 1.61. The second-order valence-corrected chi connectivity index (χ2v) is 4.98. The van der Waals surface area contributed by atoms with E-state index >= 15 is 0 Å². The maximum absolute atomic E-state index is 11.3. The van der Waals surface area contributed by atoms with Crippen LogP contribution in [0.4, 0.5) is 0 Å². The number of amides is 1. The molecule has 0 spiro atoms. The van der Waals surface area contributed by atoms with Crippen LogP contribution in [0, 0.1) is 22.7 Å². The monoisotopic (exact) mass is 229 g/mol. The van der Waals surface area contributed by atoms with Crippen LogP contribution in [0.2, 0.25) is 0 Å². The molecule has 0 aromatic heterocycles. The zero-order valence-corrected chi connectivity index (χ0v) is 9.12. The summed E-state index contributed by atoms with van der Waals surface area (Å²) in [5.41, 5.74) is 0. The molecule has 0 aliphatic rings. The second-order valence-electron chi connectivity index (χ2n) is 2.91. The first kappa shape index (κ1) is 13.4. The number of hydrogen-bond acceptors (Lipinski definition) is 5. The first-order chi connectivity index (χ1) is 6.93. The van der Waals surface area contributed by atoms with Gasteiger partial charge in [0.1, 0.15) is 11.5 Å². The van der Waals surface area contributed by atoms with Crippen molar-refractivity contribution in [1.82, 2.24) is 4.90 Å². The van der Waals surface area contributed by atoms with Crippen molar-refractivity contribution < 1.29 is 13.2 Å². The lowest BCUT2D eigenvalue weighted by molar-refractivity contribution is -0.127. The van der Waals surface area contributed by atoms with Crippen molar-refractivity contribution >= 4 is 15.7 Å². The van der Waals surface area contributed by atoms with Gasteiger partial charge in [-0.2, -0.15) is 10.5 Å². The fourth-order valence-electron chi connectivity index (χ4n) is 0.790. The van der Waals surface area contributed by atoms with Gasteiger partial charge in [-0.3, -0.25) is 4.79 Å². The summed E-state index contributed by atoms with van der Waals surface area (Å²) in [4.78, 5) is 12.4. The number of carbonyl (C=O) groups excluding carboxylic acids is 1. The van der Waals surface area contributed by atoms with E-state index in [4.69, 9.17) is 10.5 Å². The molecule has 0 atom stereocenters. The summed E-state index contributed by atoms with van der Waals surface area (Å²) in [5.74, 6) is -1.94. The number of sulfone groups is 1. The lowest BCUT2D eigenvalue weighted by Crippen LogP contribution is -2.33. The van der Waals surface area contributed by atoms with Crippen molar-refractivity contribution in [3.63, 3.8) is 0 Å². The van der Waals surface area contributed by atoms with E-state index in [0.29, 0.717) is 0 Å². The Balaban J connectivity index is 4.27. The van der Waals surface area contributed by atoms with Crippen molar-refractivity contribution in [3.8, 4) is 12.1 Å². The van der Waals surface area contributed by atoms with E-state index in [2.05, 4.69) is 0 Å². The molecule has 15 heavy (non-hydrogen) atoms. The molecule has 0 bridgehead atoms. The van der Waals surface area contributed by atoms with Gasteiger partial charge in [-0.15, -0.1) is 0 Å². The Labute approximate surface area is 88.6 Å². The normalized spacial score (nSPS) is 10.1. The minimum Gasteiger partial charge on any atom is -0.344 e. The van der Waals surface area contributed by atoms with E-state index in [-0.39, 0.29) is 13.0 Å². The summed E-state index contributed by atoms with van der Waals surface area (Å²) in [6.07, 6.45) is 0.153. The van der Waals surface area contributed by atoms with Gasteiger partial charge in [0, 0.05) is 13.6 Å². The van der Waals surface area contributed by atoms with Crippen molar-refractivity contribution in [2.24, 2.45) is 0 Å². The summed E-state index contributed by atoms with van der Waals surface area (Å²) in [6.45, 7) is 0.192. The first-order valence-corrected chi connectivity index (χ1v) is 5.93. The highest BCUT2D eigenvalue weighted by molar-refractivity contribution is 7.92. The standard InChI is InChI=1S/C8H11N3O3S/c1-11(5-2-3-9)8(12)7-15(13,14)6-4-10/h2,5-7H2,1H3. The summed E-state index contributed by atoms with van der Waals surface area (Å²) >= 11 is 0. The molecule has 0 unspecified atom stereocenters. The fraction of sp³-hybridized carbons (Fsp3) is 0.625. The zero-order chi connectivity index (χ0) is 11.9. The molecule has 0 aromatic carbocycles. The molecule has 0 aliphatic heterocycles. The molecular weight excluding hydrogens is 218 g/mol. The average Bonchev–Trinajstić information content (AvgIpc) is 2.13. The number of rotatable bonds is 5. The highest BCUT2D eigenvalue weighted by Gasteiger charge is 2.18. The highest BCUT2D eigenvalue weighted by Crippen LogP contribution is 1.95. The molecule has 0 heterocycles. The number of nitriles is 2. The third-order valence-corrected chi connectivity index (χ3v) is 2.87. The molecule has 6 nitrogen and oxygen atoms in total. The van der Waals surface area contributed by atoms with Crippen molar-refractivity contribution in [1.29, 1.82) is 10.5 Å². The Hall–Kier alpha value is -1.60.